The molecule has 0 spiro atoms. The van der Waals surface area contributed by atoms with Gasteiger partial charge in [-0.3, -0.25) is 0 Å². The molecule has 1 nitrogen and oxygen atoms in total. The molecule has 2 heteroatoms. The molecule has 1 heterocycles. The van der Waals surface area contributed by atoms with Crippen LogP contribution in [0.2, 0.25) is 0 Å². The normalized spacial score (nSPS) is 10.1. The van der Waals surface area contributed by atoms with Crippen molar-refractivity contribution in [3.8, 4) is 0 Å². The van der Waals surface area contributed by atoms with Crippen molar-refractivity contribution in [2.24, 2.45) is 0 Å². The van der Waals surface area contributed by atoms with Gasteiger partial charge in [0.1, 0.15) is 6.29 Å². The number of unbranched alkanes of at least 4 members (excludes halogenated alkanes) is 1. The molecular formula is C10H14OS. The van der Waals surface area contributed by atoms with Gasteiger partial charge in [0.25, 0.3) is 0 Å². The highest BCUT2D eigenvalue weighted by atomic mass is 32.1. The van der Waals surface area contributed by atoms with Crippen LogP contribution in [0.5, 0.6) is 0 Å². The second kappa shape index (κ2) is 5.09. The second-order valence-electron chi connectivity index (χ2n) is 2.78. The highest BCUT2D eigenvalue weighted by Gasteiger charge is 2.00. The van der Waals surface area contributed by atoms with E-state index in [-0.39, 0.29) is 0 Å². The fourth-order valence-electron chi connectivity index (χ4n) is 1.25. The van der Waals surface area contributed by atoms with Gasteiger partial charge in [-0.25, -0.2) is 0 Å². The van der Waals surface area contributed by atoms with Crippen molar-refractivity contribution in [3.63, 3.8) is 0 Å². The number of aryl methyl sites for hydroxylation is 2. The maximum atomic E-state index is 10.1. The first-order valence-corrected chi connectivity index (χ1v) is 5.25. The number of carbonyl (C=O) groups excluding carboxylic acids is 1. The van der Waals surface area contributed by atoms with Crippen molar-refractivity contribution in [3.05, 3.63) is 21.9 Å². The number of aldehydes is 1. The van der Waals surface area contributed by atoms with Crippen LogP contribution >= 0.6 is 11.3 Å². The maximum Gasteiger partial charge on any atom is 0.120 e. The van der Waals surface area contributed by atoms with Gasteiger partial charge in [-0.1, -0.05) is 6.92 Å². The van der Waals surface area contributed by atoms with Crippen LogP contribution in [0.1, 0.15) is 30.2 Å². The first-order chi connectivity index (χ1) is 5.88. The van der Waals surface area contributed by atoms with Gasteiger partial charge in [0.05, 0.1) is 0 Å². The number of rotatable bonds is 5. The summed E-state index contributed by atoms with van der Waals surface area (Å²) in [4.78, 5) is 11.5. The Morgan fingerprint density at radius 3 is 3.08 bits per heavy atom. The van der Waals surface area contributed by atoms with E-state index in [1.54, 1.807) is 0 Å². The molecule has 0 atom stereocenters. The lowest BCUT2D eigenvalue weighted by atomic mass is 10.1. The van der Waals surface area contributed by atoms with E-state index in [1.165, 1.54) is 10.4 Å². The van der Waals surface area contributed by atoms with Crippen molar-refractivity contribution in [1.29, 1.82) is 0 Å². The van der Waals surface area contributed by atoms with Gasteiger partial charge in [0, 0.05) is 11.3 Å². The van der Waals surface area contributed by atoms with Crippen molar-refractivity contribution in [1.82, 2.24) is 0 Å². The molecule has 1 aromatic rings. The van der Waals surface area contributed by atoms with Gasteiger partial charge < -0.3 is 4.79 Å². The summed E-state index contributed by atoms with van der Waals surface area (Å²) in [6.45, 7) is 2.17. The molecule has 0 aliphatic rings. The zero-order valence-electron chi connectivity index (χ0n) is 7.38. The third-order valence-electron chi connectivity index (χ3n) is 1.94. The van der Waals surface area contributed by atoms with Crippen molar-refractivity contribution in [2.75, 3.05) is 0 Å². The molecule has 12 heavy (non-hydrogen) atoms. The maximum absolute atomic E-state index is 10.1. The molecule has 66 valence electrons. The van der Waals surface area contributed by atoms with Crippen LogP contribution in [0.3, 0.4) is 0 Å². The Bertz CT molecular complexity index is 240. The van der Waals surface area contributed by atoms with Crippen LogP contribution in [-0.4, -0.2) is 6.29 Å². The average Bonchev–Trinajstić information content (AvgIpc) is 2.52. The summed E-state index contributed by atoms with van der Waals surface area (Å²) in [5.74, 6) is 0. The largest absolute Gasteiger partial charge is 0.303 e. The Morgan fingerprint density at radius 2 is 2.42 bits per heavy atom. The summed E-state index contributed by atoms with van der Waals surface area (Å²) in [7, 11) is 0. The van der Waals surface area contributed by atoms with E-state index in [1.807, 2.05) is 11.3 Å². The predicted octanol–water partition coefficient (Wildman–Crippen LogP) is 2.83. The van der Waals surface area contributed by atoms with Gasteiger partial charge in [0.15, 0.2) is 0 Å². The lowest BCUT2D eigenvalue weighted by Gasteiger charge is -1.98. The Morgan fingerprint density at radius 1 is 1.58 bits per heavy atom. The van der Waals surface area contributed by atoms with Crippen LogP contribution in [0.4, 0.5) is 0 Å². The first-order valence-electron chi connectivity index (χ1n) is 4.37. The number of hydrogen-bond donors (Lipinski definition) is 0. The molecule has 0 unspecified atom stereocenters. The molecule has 0 aliphatic carbocycles. The quantitative estimate of drug-likeness (QED) is 0.505. The molecule has 0 amide bonds. The van der Waals surface area contributed by atoms with E-state index in [9.17, 15) is 4.79 Å². The monoisotopic (exact) mass is 182 g/mol. The lowest BCUT2D eigenvalue weighted by Crippen LogP contribution is -1.87. The second-order valence-corrected chi connectivity index (χ2v) is 3.78. The van der Waals surface area contributed by atoms with Gasteiger partial charge in [-0.15, -0.1) is 11.3 Å². The number of thiophene rings is 1. The Kier molecular flexibility index (Phi) is 4.01. The first kappa shape index (κ1) is 9.46. The van der Waals surface area contributed by atoms with Crippen LogP contribution < -0.4 is 0 Å². The molecular weight excluding hydrogens is 168 g/mol. The summed E-state index contributed by atoms with van der Waals surface area (Å²) in [5, 5.41) is 2.13. The minimum Gasteiger partial charge on any atom is -0.303 e. The van der Waals surface area contributed by atoms with Crippen LogP contribution in [0.15, 0.2) is 11.4 Å². The van der Waals surface area contributed by atoms with Crippen molar-refractivity contribution < 1.29 is 4.79 Å². The van der Waals surface area contributed by atoms with E-state index in [0.29, 0.717) is 6.42 Å². The van der Waals surface area contributed by atoms with Crippen LogP contribution in [-0.2, 0) is 17.6 Å². The molecule has 1 rings (SSSR count). The summed E-state index contributed by atoms with van der Waals surface area (Å²) < 4.78 is 0. The molecule has 0 aliphatic heterocycles. The van der Waals surface area contributed by atoms with Crippen molar-refractivity contribution in [2.45, 2.75) is 32.6 Å². The fraction of sp³-hybridized carbons (Fsp3) is 0.500. The highest BCUT2D eigenvalue weighted by Crippen LogP contribution is 2.19. The highest BCUT2D eigenvalue weighted by molar-refractivity contribution is 7.10. The van der Waals surface area contributed by atoms with E-state index in [0.717, 1.165) is 25.5 Å². The van der Waals surface area contributed by atoms with Gasteiger partial charge >= 0.3 is 0 Å². The third kappa shape index (κ3) is 2.45. The van der Waals surface area contributed by atoms with Gasteiger partial charge in [-0.05, 0) is 36.3 Å². The number of hydrogen-bond acceptors (Lipinski definition) is 2. The van der Waals surface area contributed by atoms with Gasteiger partial charge in [0.2, 0.25) is 0 Å². The lowest BCUT2D eigenvalue weighted by molar-refractivity contribution is -0.107. The molecule has 1 aromatic heterocycles. The van der Waals surface area contributed by atoms with Crippen LogP contribution in [0.25, 0.3) is 0 Å². The average molecular weight is 182 g/mol. The standard InChI is InChI=1S/C10H14OS/c1-2-9-6-8-12-10(9)5-3-4-7-11/h6-8H,2-5H2,1H3. The molecule has 0 saturated carbocycles. The smallest absolute Gasteiger partial charge is 0.120 e. The third-order valence-corrected chi connectivity index (χ3v) is 2.97. The molecule has 0 fully saturated rings. The number of carbonyl (C=O) groups is 1. The molecule has 0 saturated heterocycles. The van der Waals surface area contributed by atoms with E-state index < -0.39 is 0 Å². The topological polar surface area (TPSA) is 17.1 Å². The predicted molar refractivity (Wildman–Crippen MR) is 52.7 cm³/mol. The summed E-state index contributed by atoms with van der Waals surface area (Å²) in [5.41, 5.74) is 1.45. The molecule has 0 aromatic carbocycles. The van der Waals surface area contributed by atoms with E-state index in [2.05, 4.69) is 18.4 Å². The minimum absolute atomic E-state index is 0.695. The summed E-state index contributed by atoms with van der Waals surface area (Å²) in [6.07, 6.45) is 4.87. The van der Waals surface area contributed by atoms with Gasteiger partial charge in [-0.2, -0.15) is 0 Å². The van der Waals surface area contributed by atoms with Crippen LogP contribution in [0, 0.1) is 0 Å². The molecule has 0 N–H and O–H groups in total. The van der Waals surface area contributed by atoms with E-state index >= 15 is 0 Å². The fourth-order valence-corrected chi connectivity index (χ4v) is 2.27. The Balaban J connectivity index is 2.44. The molecule has 0 radical (unpaired) electrons. The SMILES string of the molecule is CCc1ccsc1CCCC=O. The zero-order chi connectivity index (χ0) is 8.81. The zero-order valence-corrected chi connectivity index (χ0v) is 8.19. The Labute approximate surface area is 77.4 Å². The Hall–Kier alpha value is -0.630. The van der Waals surface area contributed by atoms with E-state index in [4.69, 9.17) is 0 Å². The van der Waals surface area contributed by atoms with Crippen molar-refractivity contribution >= 4 is 17.6 Å². The minimum atomic E-state index is 0.695. The summed E-state index contributed by atoms with van der Waals surface area (Å²) in [6, 6.07) is 2.18. The summed E-state index contributed by atoms with van der Waals surface area (Å²) >= 11 is 1.81. The molecule has 0 bridgehead atoms.